The van der Waals surface area contributed by atoms with E-state index in [0.29, 0.717) is 12.3 Å². The Hall–Kier alpha value is -3.68. The van der Waals surface area contributed by atoms with Crippen LogP contribution in [0.25, 0.3) is 0 Å². The van der Waals surface area contributed by atoms with Crippen LogP contribution in [-0.4, -0.2) is 45.4 Å². The highest BCUT2D eigenvalue weighted by Crippen LogP contribution is 2.47. The topological polar surface area (TPSA) is 84.7 Å². The van der Waals surface area contributed by atoms with E-state index in [0.717, 1.165) is 30.2 Å². The number of carbonyl (C=O) groups is 1. The average molecular weight is 435 g/mol. The molecule has 1 N–H and O–H groups in total. The van der Waals surface area contributed by atoms with Gasteiger partial charge in [0, 0.05) is 18.0 Å². The fraction of sp³-hybridized carbons (Fsp3) is 0.292. The van der Waals surface area contributed by atoms with Crippen molar-refractivity contribution in [2.24, 2.45) is 0 Å². The molecule has 0 aliphatic carbocycles. The Bertz CT molecular complexity index is 1240. The maximum absolute atomic E-state index is 13.8. The van der Waals surface area contributed by atoms with Gasteiger partial charge in [-0.15, -0.1) is 0 Å². The molecule has 32 heavy (non-hydrogen) atoms. The van der Waals surface area contributed by atoms with E-state index in [1.54, 1.807) is 24.1 Å². The van der Waals surface area contributed by atoms with Crippen molar-refractivity contribution < 1.29 is 19.0 Å². The van der Waals surface area contributed by atoms with Crippen molar-refractivity contribution in [3.63, 3.8) is 0 Å². The molecule has 5 rings (SSSR count). The Morgan fingerprint density at radius 3 is 2.66 bits per heavy atom. The van der Waals surface area contributed by atoms with Crippen molar-refractivity contribution in [1.82, 2.24) is 14.7 Å². The average Bonchev–Trinajstić information content (AvgIpc) is 3.30. The third-order valence-electron chi connectivity index (χ3n) is 6.47. The molecular formula is C24H22FN3O4. The number of benzene rings is 2. The number of hydrogen-bond acceptors (Lipinski definition) is 5. The molecule has 3 heterocycles. The quantitative estimate of drug-likeness (QED) is 0.681. The molecule has 2 aromatic carbocycles. The van der Waals surface area contributed by atoms with Gasteiger partial charge in [0.1, 0.15) is 11.6 Å². The van der Waals surface area contributed by atoms with E-state index in [-0.39, 0.29) is 23.5 Å². The number of para-hydroxylation sites is 1. The number of hydrogen-bond donors (Lipinski definition) is 1. The SMILES string of the molecule is COc1ccccc1[C@H](c1ccc(F)cc1)[C@H]1[C@H]2CCCN2C(=O)c2c(O)c(=O)cnn21. The van der Waals surface area contributed by atoms with Crippen molar-refractivity contribution in [3.8, 4) is 11.5 Å². The molecule has 8 heteroatoms. The van der Waals surface area contributed by atoms with Gasteiger partial charge in [-0.3, -0.25) is 14.3 Å². The molecule has 1 saturated heterocycles. The first-order valence-corrected chi connectivity index (χ1v) is 10.5. The molecule has 0 radical (unpaired) electrons. The van der Waals surface area contributed by atoms with Crippen LogP contribution in [0.1, 0.15) is 46.4 Å². The number of amides is 1. The first kappa shape index (κ1) is 20.2. The standard InChI is InChI=1S/C24H22FN3O4/c1-32-19-7-3-2-5-16(19)20(14-8-10-15(25)11-9-14)21-17-6-4-12-27(17)24(31)22-23(30)18(29)13-26-28(21)22/h2-3,5,7-11,13,17,20-21,30H,4,6,12H2,1H3/t17-,20+,21-/m1/s1. The van der Waals surface area contributed by atoms with E-state index in [2.05, 4.69) is 5.10 Å². The van der Waals surface area contributed by atoms with E-state index < -0.39 is 23.1 Å². The van der Waals surface area contributed by atoms with Gasteiger partial charge >= 0.3 is 0 Å². The van der Waals surface area contributed by atoms with Crippen molar-refractivity contribution in [2.45, 2.75) is 30.8 Å². The summed E-state index contributed by atoms with van der Waals surface area (Å²) < 4.78 is 20.9. The molecule has 3 aromatic rings. The lowest BCUT2D eigenvalue weighted by molar-refractivity contribution is 0.0564. The number of nitrogens with zero attached hydrogens (tertiary/aromatic N) is 3. The number of aromatic hydroxyl groups is 1. The molecular weight excluding hydrogens is 413 g/mol. The second kappa shape index (κ2) is 7.78. The first-order valence-electron chi connectivity index (χ1n) is 10.5. The maximum atomic E-state index is 13.8. The number of aromatic nitrogens is 2. The summed E-state index contributed by atoms with van der Waals surface area (Å²) in [7, 11) is 1.59. The molecule has 2 aliphatic heterocycles. The van der Waals surface area contributed by atoms with Gasteiger partial charge < -0.3 is 14.7 Å². The van der Waals surface area contributed by atoms with Crippen LogP contribution in [0, 0.1) is 5.82 Å². The Morgan fingerprint density at radius 1 is 1.16 bits per heavy atom. The first-order chi connectivity index (χ1) is 15.5. The van der Waals surface area contributed by atoms with E-state index >= 15 is 0 Å². The van der Waals surface area contributed by atoms with Gasteiger partial charge in [-0.25, -0.2) is 4.39 Å². The minimum absolute atomic E-state index is 0.109. The molecule has 164 valence electrons. The van der Waals surface area contributed by atoms with E-state index in [1.165, 1.54) is 16.8 Å². The molecule has 0 unspecified atom stereocenters. The lowest BCUT2D eigenvalue weighted by atomic mass is 9.79. The molecule has 1 aromatic heterocycles. The van der Waals surface area contributed by atoms with Crippen LogP contribution >= 0.6 is 0 Å². The lowest BCUT2D eigenvalue weighted by Crippen LogP contribution is -2.50. The molecule has 3 atom stereocenters. The predicted octanol–water partition coefficient (Wildman–Crippen LogP) is 3.09. The summed E-state index contributed by atoms with van der Waals surface area (Å²) in [4.78, 5) is 27.0. The molecule has 7 nitrogen and oxygen atoms in total. The number of ether oxygens (including phenoxy) is 1. The molecule has 0 saturated carbocycles. The Balaban J connectivity index is 1.80. The van der Waals surface area contributed by atoms with Crippen molar-refractivity contribution in [1.29, 1.82) is 0 Å². The lowest BCUT2D eigenvalue weighted by Gasteiger charge is -2.42. The van der Waals surface area contributed by atoms with Crippen LogP contribution in [0.3, 0.4) is 0 Å². The largest absolute Gasteiger partial charge is 0.502 e. The van der Waals surface area contributed by atoms with Crippen molar-refractivity contribution in [3.05, 3.63) is 87.6 Å². The van der Waals surface area contributed by atoms with Crippen molar-refractivity contribution >= 4 is 5.91 Å². The zero-order valence-corrected chi connectivity index (χ0v) is 17.4. The number of rotatable bonds is 4. The molecule has 2 aliphatic rings. The highest BCUT2D eigenvalue weighted by atomic mass is 19.1. The molecule has 0 bridgehead atoms. The zero-order chi connectivity index (χ0) is 22.4. The highest BCUT2D eigenvalue weighted by Gasteiger charge is 2.48. The number of halogens is 1. The second-order valence-electron chi connectivity index (χ2n) is 8.12. The molecule has 0 spiro atoms. The van der Waals surface area contributed by atoms with Gasteiger partial charge in [0.2, 0.25) is 5.43 Å². The number of methoxy groups -OCH3 is 1. The van der Waals surface area contributed by atoms with Gasteiger partial charge in [0.15, 0.2) is 11.4 Å². The Labute approximate surface area is 183 Å². The van der Waals surface area contributed by atoms with Crippen molar-refractivity contribution in [2.75, 3.05) is 13.7 Å². The van der Waals surface area contributed by atoms with Gasteiger partial charge in [0.05, 0.1) is 25.4 Å². The summed E-state index contributed by atoms with van der Waals surface area (Å²) in [6.07, 6.45) is 2.58. The van der Waals surface area contributed by atoms with Gasteiger partial charge in [0.25, 0.3) is 5.91 Å². The Morgan fingerprint density at radius 2 is 1.91 bits per heavy atom. The summed E-state index contributed by atoms with van der Waals surface area (Å²) in [5.41, 5.74) is 0.853. The van der Waals surface area contributed by atoms with Gasteiger partial charge in [-0.05, 0) is 36.6 Å². The minimum atomic E-state index is -0.698. The van der Waals surface area contributed by atoms with Crippen LogP contribution in [0.15, 0.2) is 59.5 Å². The minimum Gasteiger partial charge on any atom is -0.502 e. The van der Waals surface area contributed by atoms with Crippen LogP contribution in [0.2, 0.25) is 0 Å². The van der Waals surface area contributed by atoms with E-state index in [9.17, 15) is 19.1 Å². The Kier molecular flexibility index (Phi) is 4.92. The summed E-state index contributed by atoms with van der Waals surface area (Å²) in [5.74, 6) is -1.08. The summed E-state index contributed by atoms with van der Waals surface area (Å²) >= 11 is 0. The second-order valence-corrected chi connectivity index (χ2v) is 8.12. The zero-order valence-electron chi connectivity index (χ0n) is 17.4. The summed E-state index contributed by atoms with van der Waals surface area (Å²) in [6.45, 7) is 0.532. The van der Waals surface area contributed by atoms with E-state index in [4.69, 9.17) is 4.74 Å². The molecule has 1 fully saturated rings. The van der Waals surface area contributed by atoms with Gasteiger partial charge in [-0.1, -0.05) is 30.3 Å². The van der Waals surface area contributed by atoms with Gasteiger partial charge in [-0.2, -0.15) is 5.10 Å². The summed E-state index contributed by atoms with van der Waals surface area (Å²) in [5, 5.41) is 14.8. The van der Waals surface area contributed by atoms with Crippen LogP contribution < -0.4 is 10.2 Å². The molecule has 1 amide bonds. The van der Waals surface area contributed by atoms with Crippen LogP contribution in [-0.2, 0) is 0 Å². The highest BCUT2D eigenvalue weighted by molar-refractivity contribution is 5.96. The maximum Gasteiger partial charge on any atom is 0.276 e. The smallest absolute Gasteiger partial charge is 0.276 e. The van der Waals surface area contributed by atoms with Crippen LogP contribution in [0.4, 0.5) is 4.39 Å². The third-order valence-corrected chi connectivity index (χ3v) is 6.47. The normalized spacial score (nSPS) is 20.6. The number of carbonyl (C=O) groups excluding carboxylic acids is 1. The predicted molar refractivity (Wildman–Crippen MR) is 114 cm³/mol. The third kappa shape index (κ3) is 3.05. The fourth-order valence-electron chi connectivity index (χ4n) is 5.10. The van der Waals surface area contributed by atoms with E-state index in [1.807, 2.05) is 24.3 Å². The summed E-state index contributed by atoms with van der Waals surface area (Å²) in [6, 6.07) is 13.1. The van der Waals surface area contributed by atoms with Crippen LogP contribution in [0.5, 0.6) is 11.5 Å². The fourth-order valence-corrected chi connectivity index (χ4v) is 5.10. The monoisotopic (exact) mass is 435 g/mol. The number of fused-ring (bicyclic) bond motifs is 2.